The van der Waals surface area contributed by atoms with Crippen LogP contribution < -0.4 is 5.32 Å². The minimum atomic E-state index is 1.16. The van der Waals surface area contributed by atoms with Crippen molar-refractivity contribution in [2.24, 2.45) is 0 Å². The van der Waals surface area contributed by atoms with Crippen molar-refractivity contribution in [3.05, 3.63) is 12.3 Å². The van der Waals surface area contributed by atoms with Gasteiger partial charge in [0.15, 0.2) is 0 Å². The maximum Gasteiger partial charge on any atom is 0.0169 e. The van der Waals surface area contributed by atoms with E-state index in [0.29, 0.717) is 0 Å². The standard InChI is InChI=1S/C8H17N.C5H13N.2C2H6/c1-4-6-8-9(3)7-5-2;1-3-4-5-6-2;2*1-2/h5,7H,4,6,8H2,1-3H3;6H,3-5H2,1-2H3;2*1-2H3/b7-5-;;;. The summed E-state index contributed by atoms with van der Waals surface area (Å²) in [5.41, 5.74) is 0. The normalized spacial score (nSPS) is 8.47. The summed E-state index contributed by atoms with van der Waals surface area (Å²) >= 11 is 0. The largest absolute Gasteiger partial charge is 0.381 e. The first-order valence-corrected chi connectivity index (χ1v) is 8.20. The van der Waals surface area contributed by atoms with Gasteiger partial charge >= 0.3 is 0 Å². The van der Waals surface area contributed by atoms with Gasteiger partial charge in [-0.25, -0.2) is 0 Å². The van der Waals surface area contributed by atoms with Crippen LogP contribution in [0.4, 0.5) is 0 Å². The van der Waals surface area contributed by atoms with E-state index in [9.17, 15) is 0 Å². The van der Waals surface area contributed by atoms with Crippen LogP contribution in [0, 0.1) is 0 Å². The van der Waals surface area contributed by atoms with Gasteiger partial charge < -0.3 is 10.2 Å². The van der Waals surface area contributed by atoms with E-state index in [4.69, 9.17) is 0 Å². The Bertz CT molecular complexity index is 118. The molecule has 0 saturated heterocycles. The van der Waals surface area contributed by atoms with Gasteiger partial charge in [0.2, 0.25) is 0 Å². The molecule has 0 aliphatic carbocycles. The van der Waals surface area contributed by atoms with Crippen molar-refractivity contribution >= 4 is 0 Å². The molecule has 0 radical (unpaired) electrons. The Morgan fingerprint density at radius 1 is 0.947 bits per heavy atom. The van der Waals surface area contributed by atoms with Crippen molar-refractivity contribution in [3.63, 3.8) is 0 Å². The summed E-state index contributed by atoms with van der Waals surface area (Å²) in [6, 6.07) is 0. The Kier molecular flexibility index (Phi) is 51.1. The molecule has 0 atom stereocenters. The van der Waals surface area contributed by atoms with E-state index in [1.165, 1.54) is 32.2 Å². The lowest BCUT2D eigenvalue weighted by molar-refractivity contribution is 0.441. The molecule has 19 heavy (non-hydrogen) atoms. The fraction of sp³-hybridized carbons (Fsp3) is 0.882. The smallest absolute Gasteiger partial charge is 0.0169 e. The first-order chi connectivity index (χ1) is 9.22. The van der Waals surface area contributed by atoms with E-state index in [1.54, 1.807) is 0 Å². The van der Waals surface area contributed by atoms with Crippen molar-refractivity contribution in [2.75, 3.05) is 27.2 Å². The molecule has 0 aliphatic heterocycles. The van der Waals surface area contributed by atoms with Crippen LogP contribution in [-0.4, -0.2) is 32.1 Å². The second-order valence-corrected chi connectivity index (χ2v) is 3.77. The molecule has 1 N–H and O–H groups in total. The number of nitrogens with one attached hydrogen (secondary N) is 1. The minimum Gasteiger partial charge on any atom is -0.381 e. The molecule has 0 aromatic carbocycles. The summed E-state index contributed by atoms with van der Waals surface area (Å²) in [6.07, 6.45) is 9.34. The van der Waals surface area contributed by atoms with Crippen molar-refractivity contribution in [1.82, 2.24) is 10.2 Å². The van der Waals surface area contributed by atoms with E-state index in [-0.39, 0.29) is 0 Å². The van der Waals surface area contributed by atoms with Crippen LogP contribution in [0.3, 0.4) is 0 Å². The summed E-state index contributed by atoms with van der Waals surface area (Å²) in [7, 11) is 4.09. The lowest BCUT2D eigenvalue weighted by Gasteiger charge is -2.11. The van der Waals surface area contributed by atoms with Gasteiger partial charge in [0.25, 0.3) is 0 Å². The summed E-state index contributed by atoms with van der Waals surface area (Å²) in [6.45, 7) is 16.8. The second-order valence-electron chi connectivity index (χ2n) is 3.77. The van der Waals surface area contributed by atoms with Crippen LogP contribution in [0.1, 0.15) is 74.1 Å². The second kappa shape index (κ2) is 36.0. The third-order valence-corrected chi connectivity index (χ3v) is 2.05. The fourth-order valence-corrected chi connectivity index (χ4v) is 1.09. The van der Waals surface area contributed by atoms with E-state index in [0.717, 1.165) is 6.54 Å². The van der Waals surface area contributed by atoms with Crippen LogP contribution in [0.25, 0.3) is 0 Å². The summed E-state index contributed by atoms with van der Waals surface area (Å²) in [4.78, 5) is 2.21. The monoisotopic (exact) mass is 274 g/mol. The van der Waals surface area contributed by atoms with Crippen LogP contribution in [-0.2, 0) is 0 Å². The number of rotatable bonds is 7. The molecular weight excluding hydrogens is 232 g/mol. The Morgan fingerprint density at radius 3 is 1.68 bits per heavy atom. The first kappa shape index (κ1) is 26.9. The van der Waals surface area contributed by atoms with Gasteiger partial charge in [0.05, 0.1) is 0 Å². The molecule has 0 amide bonds. The highest BCUT2D eigenvalue weighted by atomic mass is 15.1. The SMILES string of the molecule is C/C=C\N(C)CCCC.CC.CC.CCCCNC. The van der Waals surface area contributed by atoms with E-state index < -0.39 is 0 Å². The first-order valence-electron chi connectivity index (χ1n) is 8.20. The van der Waals surface area contributed by atoms with Crippen molar-refractivity contribution in [2.45, 2.75) is 74.1 Å². The Morgan fingerprint density at radius 2 is 1.42 bits per heavy atom. The number of unbranched alkanes of at least 4 members (excludes halogenated alkanes) is 2. The van der Waals surface area contributed by atoms with Crippen LogP contribution in [0.5, 0.6) is 0 Å². The predicted octanol–water partition coefficient (Wildman–Crippen LogP) is 5.31. The summed E-state index contributed by atoms with van der Waals surface area (Å²) < 4.78 is 0. The predicted molar refractivity (Wildman–Crippen MR) is 93.9 cm³/mol. The van der Waals surface area contributed by atoms with Gasteiger partial charge in [-0.3, -0.25) is 0 Å². The Balaban J connectivity index is -0.0000000977. The molecule has 0 rings (SSSR count). The van der Waals surface area contributed by atoms with Crippen LogP contribution >= 0.6 is 0 Å². The molecular formula is C17H42N2. The molecule has 0 aromatic heterocycles. The van der Waals surface area contributed by atoms with Gasteiger partial charge in [-0.2, -0.15) is 0 Å². The molecule has 0 spiro atoms. The van der Waals surface area contributed by atoms with Gasteiger partial charge in [0.1, 0.15) is 0 Å². The minimum absolute atomic E-state index is 1.16. The third kappa shape index (κ3) is 46.6. The Labute approximate surface area is 124 Å². The third-order valence-electron chi connectivity index (χ3n) is 2.05. The molecule has 2 heteroatoms. The molecule has 2 nitrogen and oxygen atoms in total. The lowest BCUT2D eigenvalue weighted by Crippen LogP contribution is -2.11. The van der Waals surface area contributed by atoms with E-state index in [2.05, 4.69) is 43.4 Å². The number of allylic oxidation sites excluding steroid dienone is 1. The maximum absolute atomic E-state index is 3.07. The molecule has 0 unspecified atom stereocenters. The van der Waals surface area contributed by atoms with Gasteiger partial charge in [-0.1, -0.05) is 60.5 Å². The quantitative estimate of drug-likeness (QED) is 0.633. The zero-order chi connectivity index (χ0) is 15.9. The van der Waals surface area contributed by atoms with Gasteiger partial charge in [-0.15, -0.1) is 0 Å². The lowest BCUT2D eigenvalue weighted by atomic mass is 10.3. The number of hydrogen-bond donors (Lipinski definition) is 1. The fourth-order valence-electron chi connectivity index (χ4n) is 1.09. The van der Waals surface area contributed by atoms with E-state index >= 15 is 0 Å². The maximum atomic E-state index is 3.07. The van der Waals surface area contributed by atoms with Crippen molar-refractivity contribution in [1.29, 1.82) is 0 Å². The average molecular weight is 275 g/mol. The zero-order valence-electron chi connectivity index (χ0n) is 15.3. The summed E-state index contributed by atoms with van der Waals surface area (Å²) in [5, 5.41) is 3.07. The highest BCUT2D eigenvalue weighted by Crippen LogP contribution is 1.91. The molecule has 0 aliphatic rings. The summed E-state index contributed by atoms with van der Waals surface area (Å²) in [5.74, 6) is 0. The molecule has 0 fully saturated rings. The van der Waals surface area contributed by atoms with Gasteiger partial charge in [-0.05, 0) is 39.6 Å². The van der Waals surface area contributed by atoms with Crippen molar-refractivity contribution in [3.8, 4) is 0 Å². The molecule has 0 heterocycles. The van der Waals surface area contributed by atoms with Crippen LogP contribution in [0.15, 0.2) is 12.3 Å². The van der Waals surface area contributed by atoms with E-state index in [1.807, 2.05) is 41.7 Å². The number of nitrogens with zero attached hydrogens (tertiary/aromatic N) is 1. The highest BCUT2D eigenvalue weighted by Gasteiger charge is 1.86. The zero-order valence-corrected chi connectivity index (χ0v) is 15.3. The highest BCUT2D eigenvalue weighted by molar-refractivity contribution is 4.75. The van der Waals surface area contributed by atoms with Gasteiger partial charge in [0, 0.05) is 13.6 Å². The average Bonchev–Trinajstić information content (AvgIpc) is 2.48. The molecule has 120 valence electrons. The molecule has 0 bridgehead atoms. The van der Waals surface area contributed by atoms with Crippen LogP contribution in [0.2, 0.25) is 0 Å². The Hall–Kier alpha value is -0.500. The van der Waals surface area contributed by atoms with Crippen molar-refractivity contribution < 1.29 is 0 Å². The molecule has 0 saturated carbocycles. The topological polar surface area (TPSA) is 15.3 Å². The molecule has 0 aromatic rings. The number of hydrogen-bond acceptors (Lipinski definition) is 2.